The zero-order valence-corrected chi connectivity index (χ0v) is 75.5. The molecule has 116 heavy (non-hydrogen) atoms. The van der Waals surface area contributed by atoms with E-state index in [1.165, 1.54) is 13.8 Å². The van der Waals surface area contributed by atoms with Crippen LogP contribution in [-0.4, -0.2) is 115 Å². The number of hydrogen-bond donors (Lipinski definition) is 2. The largest absolute Gasteiger partial charge is 0.493 e. The van der Waals surface area contributed by atoms with Gasteiger partial charge >= 0.3 is 0 Å². The number of carbonyl (C=O) groups is 4. The molecule has 0 saturated heterocycles. The molecular formula is C96H154N12O8. The number of rotatable bonds is 59. The van der Waals surface area contributed by atoms with Gasteiger partial charge in [-0.15, -0.1) is 20.5 Å². The topological polar surface area (TPSA) is 263 Å². The fourth-order valence-corrected chi connectivity index (χ4v) is 16.4. The summed E-state index contributed by atoms with van der Waals surface area (Å²) < 4.78 is 1.70. The summed E-state index contributed by atoms with van der Waals surface area (Å²) in [7, 11) is 0. The van der Waals surface area contributed by atoms with Gasteiger partial charge in [-0.25, -0.2) is 0 Å². The minimum absolute atomic E-state index is 0.0268. The number of nitriles is 2. The summed E-state index contributed by atoms with van der Waals surface area (Å²) in [5.74, 6) is -1.20. The quantitative estimate of drug-likeness (QED) is 0.0395. The average molecular weight is 1600 g/mol. The molecule has 2 aromatic heterocycles. The molecule has 2 heterocycles. The van der Waals surface area contributed by atoms with Crippen LogP contribution in [0.4, 0.5) is 22.7 Å². The number of benzene rings is 2. The van der Waals surface area contributed by atoms with Gasteiger partial charge in [0, 0.05) is 76.6 Å². The van der Waals surface area contributed by atoms with Crippen LogP contribution in [0.3, 0.4) is 0 Å². The molecule has 646 valence electrons. The van der Waals surface area contributed by atoms with Gasteiger partial charge in [0.15, 0.2) is 11.4 Å². The number of carbonyl (C=O) groups excluding carboxylic acids is 4. The third-order valence-electron chi connectivity index (χ3n) is 24.9. The van der Waals surface area contributed by atoms with Crippen LogP contribution < -0.4 is 11.1 Å². The third kappa shape index (κ3) is 29.5. The van der Waals surface area contributed by atoms with Crippen LogP contribution in [0.5, 0.6) is 11.8 Å². The Labute approximate surface area is 700 Å². The van der Waals surface area contributed by atoms with Gasteiger partial charge in [-0.1, -0.05) is 277 Å². The van der Waals surface area contributed by atoms with Crippen LogP contribution >= 0.6 is 0 Å². The summed E-state index contributed by atoms with van der Waals surface area (Å²) in [5, 5.41) is 65.2. The zero-order valence-electron chi connectivity index (χ0n) is 75.5. The number of unbranched alkanes of at least 4 members (excludes halogenated alkanes) is 8. The van der Waals surface area contributed by atoms with E-state index < -0.39 is 36.0 Å². The number of pyridine rings is 2. The van der Waals surface area contributed by atoms with Gasteiger partial charge in [0.05, 0.1) is 22.3 Å². The zero-order chi connectivity index (χ0) is 85.8. The van der Waals surface area contributed by atoms with Crippen molar-refractivity contribution in [3.8, 4) is 23.9 Å². The van der Waals surface area contributed by atoms with Crippen molar-refractivity contribution in [2.75, 3.05) is 52.4 Å². The summed E-state index contributed by atoms with van der Waals surface area (Å²) in [6.45, 7) is 40.2. The van der Waals surface area contributed by atoms with E-state index in [2.05, 4.69) is 121 Å². The van der Waals surface area contributed by atoms with Gasteiger partial charge in [0.1, 0.15) is 34.6 Å². The smallest absolute Gasteiger partial charge is 0.281 e. The monoisotopic (exact) mass is 1600 g/mol. The van der Waals surface area contributed by atoms with Crippen LogP contribution in [0, 0.1) is 83.9 Å². The molecule has 0 fully saturated rings. The van der Waals surface area contributed by atoms with Crippen LogP contribution in [0.25, 0.3) is 0 Å². The highest BCUT2D eigenvalue weighted by Gasteiger charge is 2.34. The third-order valence-corrected chi connectivity index (χ3v) is 24.9. The molecule has 0 radical (unpaired) electrons. The van der Waals surface area contributed by atoms with Crippen LogP contribution in [0.2, 0.25) is 0 Å². The van der Waals surface area contributed by atoms with Gasteiger partial charge in [-0.2, -0.15) is 10.5 Å². The lowest BCUT2D eigenvalue weighted by Gasteiger charge is -2.32. The Morgan fingerprint density at radius 2 is 0.517 bits per heavy atom. The second-order valence-corrected chi connectivity index (χ2v) is 33.5. The number of nitrogens with zero attached hydrogens (tertiary/aromatic N) is 12. The first-order chi connectivity index (χ1) is 56.0. The summed E-state index contributed by atoms with van der Waals surface area (Å²) in [5.41, 5.74) is -2.96. The predicted octanol–water partition coefficient (Wildman–Crippen LogP) is 24.8. The van der Waals surface area contributed by atoms with Crippen molar-refractivity contribution in [3.63, 3.8) is 0 Å². The SMILES string of the molecule is CCCCC(CC)CN(CC(CC)CCCC)C(=O)c1cccc(C(=O)N(CC(CC)CCCC)CC(CC)CCCC)c1N=Nc1c(C)c(C#N)c(O)n(CCn2c(O)c(C#N)c(C)c(N=Nc3c(C(=O)N(CC(CC)CCCC)CC(CC)CCCC)cccc3C(=O)N(CC(CC)CCCC)CC(CC)CCCC)c2=O)c1=O. The van der Waals surface area contributed by atoms with Gasteiger partial charge in [-0.3, -0.25) is 37.9 Å². The maximum absolute atomic E-state index is 15.9. The van der Waals surface area contributed by atoms with Crippen molar-refractivity contribution in [1.29, 1.82) is 10.5 Å². The Morgan fingerprint density at radius 3 is 0.681 bits per heavy atom. The first-order valence-corrected chi connectivity index (χ1v) is 46.0. The molecule has 0 aliphatic carbocycles. The van der Waals surface area contributed by atoms with E-state index in [1.54, 1.807) is 36.4 Å². The summed E-state index contributed by atoms with van der Waals surface area (Å²) in [6.07, 6.45) is 30.4. The molecule has 4 rings (SSSR count). The number of amides is 4. The molecule has 2 N–H and O–H groups in total. The Bertz CT molecular complexity index is 3460. The number of aromatic nitrogens is 2. The summed E-state index contributed by atoms with van der Waals surface area (Å²) >= 11 is 0. The van der Waals surface area contributed by atoms with Crippen molar-refractivity contribution in [2.24, 2.45) is 67.8 Å². The molecule has 0 spiro atoms. The Hall–Kier alpha value is -8.00. The normalized spacial score (nSPS) is 13.8. The molecule has 0 aliphatic heterocycles. The van der Waals surface area contributed by atoms with Crippen molar-refractivity contribution in [1.82, 2.24) is 28.7 Å². The predicted molar refractivity (Wildman–Crippen MR) is 475 cm³/mol. The lowest BCUT2D eigenvalue weighted by atomic mass is 9.94. The molecule has 20 nitrogen and oxygen atoms in total. The van der Waals surface area contributed by atoms with Crippen molar-refractivity contribution in [3.05, 3.63) is 102 Å². The van der Waals surface area contributed by atoms with Crippen molar-refractivity contribution < 1.29 is 29.4 Å². The summed E-state index contributed by atoms with van der Waals surface area (Å²) in [4.78, 5) is 102. The maximum Gasteiger partial charge on any atom is 0.281 e. The highest BCUT2D eigenvalue weighted by molar-refractivity contribution is 6.08. The van der Waals surface area contributed by atoms with Gasteiger partial charge in [-0.05, 0) is 137 Å². The van der Waals surface area contributed by atoms with Gasteiger partial charge < -0.3 is 29.8 Å². The van der Waals surface area contributed by atoms with Gasteiger partial charge in [0.25, 0.3) is 34.7 Å². The fourth-order valence-electron chi connectivity index (χ4n) is 16.4. The number of azo groups is 2. The standard InChI is InChI=1S/C96H154N12O8/c1-19-35-45-71(27-9)61-103(62-72(28-10)46-36-20-2)89(109)79-53-43-54-80(90(110)104(63-73(29-11)47-37-21-3)64-74(30-12)48-38-22-4)87(79)101-99-85-69(17)83(59-97)93(113)107(95(85)115)57-58-108-94(114)84(60-98)70(18)86(96(108)116)100-102-88-81(91(111)105(65-75(31-13)49-39-23-5)66-76(32-14)50-40-24-6)55-44-56-82(88)92(112)106(67-77(33-15)51-41-25-7)68-78(34-16)52-42-26-8/h43-44,53-56,71-78,113-114H,19-42,45-52,57-58,61-68H2,1-18H3. The van der Waals surface area contributed by atoms with E-state index in [0.717, 1.165) is 215 Å². The van der Waals surface area contributed by atoms with E-state index in [-0.39, 0.29) is 138 Å². The van der Waals surface area contributed by atoms with Crippen LogP contribution in [0.15, 0.2) is 66.4 Å². The van der Waals surface area contributed by atoms with Crippen molar-refractivity contribution >= 4 is 46.4 Å². The molecule has 20 heteroatoms. The minimum atomic E-state index is -0.950. The second kappa shape index (κ2) is 54.9. The minimum Gasteiger partial charge on any atom is -0.493 e. The highest BCUT2D eigenvalue weighted by Crippen LogP contribution is 2.38. The van der Waals surface area contributed by atoms with E-state index in [1.807, 2.05) is 31.7 Å². The molecule has 2 aromatic carbocycles. The fraction of sp³-hybridized carbons (Fsp3) is 0.708. The van der Waals surface area contributed by atoms with E-state index >= 15 is 28.8 Å². The lowest BCUT2D eigenvalue weighted by molar-refractivity contribution is 0.0670. The van der Waals surface area contributed by atoms with E-state index in [0.29, 0.717) is 52.4 Å². The first kappa shape index (κ1) is 100. The maximum atomic E-state index is 15.9. The molecular weight excluding hydrogens is 1450 g/mol. The lowest BCUT2D eigenvalue weighted by Crippen LogP contribution is -2.40. The molecule has 8 unspecified atom stereocenters. The van der Waals surface area contributed by atoms with E-state index in [9.17, 15) is 20.7 Å². The molecule has 0 saturated carbocycles. The summed E-state index contributed by atoms with van der Waals surface area (Å²) in [6, 6.07) is 14.3. The number of aromatic hydroxyl groups is 2. The number of hydrogen-bond acceptors (Lipinski definition) is 14. The molecule has 8 atom stereocenters. The second-order valence-electron chi connectivity index (χ2n) is 33.5. The van der Waals surface area contributed by atoms with Crippen LogP contribution in [0.1, 0.15) is 380 Å². The average Bonchev–Trinajstić information content (AvgIpc) is 0.768. The van der Waals surface area contributed by atoms with Crippen LogP contribution in [-0.2, 0) is 13.1 Å². The Balaban J connectivity index is 2.15. The highest BCUT2D eigenvalue weighted by atomic mass is 16.3. The molecule has 0 aliphatic rings. The van der Waals surface area contributed by atoms with Gasteiger partial charge in [0.2, 0.25) is 11.8 Å². The van der Waals surface area contributed by atoms with E-state index in [4.69, 9.17) is 10.2 Å². The Morgan fingerprint density at radius 1 is 0.336 bits per heavy atom. The molecule has 0 bridgehead atoms. The Kier molecular flexibility index (Phi) is 47.5. The molecule has 4 amide bonds. The molecule has 4 aromatic rings. The van der Waals surface area contributed by atoms with Crippen molar-refractivity contribution in [2.45, 2.75) is 343 Å². The first-order valence-electron chi connectivity index (χ1n) is 46.0.